The van der Waals surface area contributed by atoms with E-state index in [0.29, 0.717) is 22.7 Å². The van der Waals surface area contributed by atoms with E-state index in [4.69, 9.17) is 10.5 Å². The lowest BCUT2D eigenvalue weighted by Crippen LogP contribution is -2.13. The average molecular weight is 335 g/mol. The van der Waals surface area contributed by atoms with E-state index >= 15 is 0 Å². The number of anilines is 2. The van der Waals surface area contributed by atoms with Crippen LogP contribution < -0.4 is 15.8 Å². The predicted octanol–water partition coefficient (Wildman–Crippen LogP) is 3.60. The van der Waals surface area contributed by atoms with E-state index in [-0.39, 0.29) is 5.91 Å². The monoisotopic (exact) mass is 334 g/mol. The molecule has 0 fully saturated rings. The van der Waals surface area contributed by atoms with Crippen LogP contribution in [0.2, 0.25) is 0 Å². The topological polar surface area (TPSA) is 64.3 Å². The predicted molar refractivity (Wildman–Crippen MR) is 84.2 cm³/mol. The molecule has 0 saturated heterocycles. The standard InChI is InChI=1S/C15H15BrN2O2/c1-9-11(4-3-5-12(9)16)15(19)18-10-6-7-14(20-2)13(17)8-10/h3-8H,17H2,1-2H3,(H,18,19). The summed E-state index contributed by atoms with van der Waals surface area (Å²) in [7, 11) is 1.55. The molecule has 4 nitrogen and oxygen atoms in total. The molecule has 0 heterocycles. The van der Waals surface area contributed by atoms with Gasteiger partial charge in [0.1, 0.15) is 5.75 Å². The fourth-order valence-electron chi connectivity index (χ4n) is 1.86. The highest BCUT2D eigenvalue weighted by Crippen LogP contribution is 2.25. The molecule has 0 aliphatic heterocycles. The molecule has 0 saturated carbocycles. The van der Waals surface area contributed by atoms with Crippen molar-refractivity contribution < 1.29 is 9.53 Å². The normalized spacial score (nSPS) is 10.2. The Hall–Kier alpha value is -2.01. The van der Waals surface area contributed by atoms with Crippen LogP contribution in [0.15, 0.2) is 40.9 Å². The quantitative estimate of drug-likeness (QED) is 0.843. The lowest BCUT2D eigenvalue weighted by molar-refractivity contribution is 0.102. The van der Waals surface area contributed by atoms with Gasteiger partial charge in [-0.2, -0.15) is 0 Å². The molecule has 104 valence electrons. The molecule has 0 aliphatic carbocycles. The third-order valence-electron chi connectivity index (χ3n) is 3.00. The number of methoxy groups -OCH3 is 1. The first-order chi connectivity index (χ1) is 9.52. The van der Waals surface area contributed by atoms with Gasteiger partial charge < -0.3 is 15.8 Å². The second-order valence-electron chi connectivity index (χ2n) is 4.32. The Morgan fingerprint density at radius 2 is 2.05 bits per heavy atom. The molecule has 0 aliphatic rings. The molecule has 3 N–H and O–H groups in total. The second kappa shape index (κ2) is 5.96. The van der Waals surface area contributed by atoms with Crippen LogP contribution in [0.5, 0.6) is 5.75 Å². The zero-order valence-electron chi connectivity index (χ0n) is 11.2. The number of carbonyl (C=O) groups is 1. The minimum atomic E-state index is -0.173. The SMILES string of the molecule is COc1ccc(NC(=O)c2cccc(Br)c2C)cc1N. The van der Waals surface area contributed by atoms with Crippen molar-refractivity contribution in [1.82, 2.24) is 0 Å². The number of rotatable bonds is 3. The first-order valence-electron chi connectivity index (χ1n) is 6.03. The number of amides is 1. The number of nitrogens with two attached hydrogens (primary N) is 1. The minimum absolute atomic E-state index is 0.173. The van der Waals surface area contributed by atoms with E-state index in [2.05, 4.69) is 21.2 Å². The number of nitrogens with one attached hydrogen (secondary N) is 1. The van der Waals surface area contributed by atoms with Crippen molar-refractivity contribution in [3.8, 4) is 5.75 Å². The molecule has 5 heteroatoms. The van der Waals surface area contributed by atoms with Crippen molar-refractivity contribution in [1.29, 1.82) is 0 Å². The fourth-order valence-corrected chi connectivity index (χ4v) is 2.23. The first kappa shape index (κ1) is 14.4. The van der Waals surface area contributed by atoms with Gasteiger partial charge in [-0.25, -0.2) is 0 Å². The van der Waals surface area contributed by atoms with Crippen LogP contribution in [0.4, 0.5) is 11.4 Å². The number of benzene rings is 2. The van der Waals surface area contributed by atoms with Gasteiger partial charge in [0.25, 0.3) is 5.91 Å². The summed E-state index contributed by atoms with van der Waals surface area (Å²) in [6, 6.07) is 10.7. The first-order valence-corrected chi connectivity index (χ1v) is 6.82. The third-order valence-corrected chi connectivity index (χ3v) is 3.86. The van der Waals surface area contributed by atoms with Gasteiger partial charge in [-0.15, -0.1) is 0 Å². The zero-order chi connectivity index (χ0) is 14.7. The molecule has 2 rings (SSSR count). The molecule has 0 spiro atoms. The number of carbonyl (C=O) groups excluding carboxylic acids is 1. The van der Waals surface area contributed by atoms with Crippen LogP contribution in [0.1, 0.15) is 15.9 Å². The Kier molecular flexibility index (Phi) is 4.29. The maximum absolute atomic E-state index is 12.2. The number of halogens is 1. The van der Waals surface area contributed by atoms with Gasteiger partial charge in [-0.3, -0.25) is 4.79 Å². The van der Waals surface area contributed by atoms with E-state index in [1.54, 1.807) is 31.4 Å². The molecule has 0 bridgehead atoms. The van der Waals surface area contributed by atoms with E-state index in [1.165, 1.54) is 0 Å². The third kappa shape index (κ3) is 2.93. The molecule has 2 aromatic carbocycles. The van der Waals surface area contributed by atoms with Crippen LogP contribution in [0.3, 0.4) is 0 Å². The van der Waals surface area contributed by atoms with Crippen LogP contribution >= 0.6 is 15.9 Å². The molecule has 1 amide bonds. The zero-order valence-corrected chi connectivity index (χ0v) is 12.8. The number of nitrogen functional groups attached to an aromatic ring is 1. The van der Waals surface area contributed by atoms with Gasteiger partial charge in [0.15, 0.2) is 0 Å². The molecule has 2 aromatic rings. The van der Waals surface area contributed by atoms with E-state index in [1.807, 2.05) is 19.1 Å². The highest BCUT2D eigenvalue weighted by molar-refractivity contribution is 9.10. The molecule has 0 atom stereocenters. The Morgan fingerprint density at radius 3 is 2.70 bits per heavy atom. The summed E-state index contributed by atoms with van der Waals surface area (Å²) in [5.41, 5.74) is 8.45. The van der Waals surface area contributed by atoms with E-state index in [0.717, 1.165) is 10.0 Å². The highest BCUT2D eigenvalue weighted by Gasteiger charge is 2.11. The summed E-state index contributed by atoms with van der Waals surface area (Å²) in [6.07, 6.45) is 0. The molecular formula is C15H15BrN2O2. The van der Waals surface area contributed by atoms with Crippen LogP contribution in [-0.2, 0) is 0 Å². The molecule has 0 aromatic heterocycles. The van der Waals surface area contributed by atoms with Crippen molar-refractivity contribution in [2.24, 2.45) is 0 Å². The maximum atomic E-state index is 12.2. The highest BCUT2D eigenvalue weighted by atomic mass is 79.9. The summed E-state index contributed by atoms with van der Waals surface area (Å²) < 4.78 is 5.98. The van der Waals surface area contributed by atoms with Crippen molar-refractivity contribution in [3.05, 3.63) is 52.0 Å². The van der Waals surface area contributed by atoms with Gasteiger partial charge in [-0.05, 0) is 42.8 Å². The van der Waals surface area contributed by atoms with Crippen LogP contribution in [0, 0.1) is 6.92 Å². The van der Waals surface area contributed by atoms with Gasteiger partial charge in [0.05, 0.1) is 12.8 Å². The summed E-state index contributed by atoms with van der Waals surface area (Å²) in [6.45, 7) is 1.89. The van der Waals surface area contributed by atoms with Crippen molar-refractivity contribution >= 4 is 33.2 Å². The molecular weight excluding hydrogens is 320 g/mol. The Bertz CT molecular complexity index is 656. The van der Waals surface area contributed by atoms with E-state index in [9.17, 15) is 4.79 Å². The molecule has 0 radical (unpaired) electrons. The Labute approximate surface area is 126 Å². The number of hydrogen-bond donors (Lipinski definition) is 2. The van der Waals surface area contributed by atoms with E-state index < -0.39 is 0 Å². The Morgan fingerprint density at radius 1 is 1.30 bits per heavy atom. The van der Waals surface area contributed by atoms with Gasteiger partial charge in [0, 0.05) is 15.7 Å². The summed E-state index contributed by atoms with van der Waals surface area (Å²) in [5, 5.41) is 2.82. The Balaban J connectivity index is 2.24. The lowest BCUT2D eigenvalue weighted by atomic mass is 10.1. The average Bonchev–Trinajstić information content (AvgIpc) is 2.42. The molecule has 0 unspecified atom stereocenters. The fraction of sp³-hybridized carbons (Fsp3) is 0.133. The van der Waals surface area contributed by atoms with Crippen LogP contribution in [-0.4, -0.2) is 13.0 Å². The van der Waals surface area contributed by atoms with Crippen molar-refractivity contribution in [3.63, 3.8) is 0 Å². The largest absolute Gasteiger partial charge is 0.495 e. The summed E-state index contributed by atoms with van der Waals surface area (Å²) in [4.78, 5) is 12.2. The van der Waals surface area contributed by atoms with Crippen LogP contribution in [0.25, 0.3) is 0 Å². The number of ether oxygens (including phenoxy) is 1. The van der Waals surface area contributed by atoms with Gasteiger partial charge in [0.2, 0.25) is 0 Å². The summed E-state index contributed by atoms with van der Waals surface area (Å²) in [5.74, 6) is 0.412. The number of hydrogen-bond acceptors (Lipinski definition) is 3. The van der Waals surface area contributed by atoms with Crippen molar-refractivity contribution in [2.45, 2.75) is 6.92 Å². The van der Waals surface area contributed by atoms with Gasteiger partial charge >= 0.3 is 0 Å². The molecule has 20 heavy (non-hydrogen) atoms. The smallest absolute Gasteiger partial charge is 0.255 e. The lowest BCUT2D eigenvalue weighted by Gasteiger charge is -2.10. The van der Waals surface area contributed by atoms with Gasteiger partial charge in [-0.1, -0.05) is 22.0 Å². The summed E-state index contributed by atoms with van der Waals surface area (Å²) >= 11 is 3.41. The maximum Gasteiger partial charge on any atom is 0.255 e. The minimum Gasteiger partial charge on any atom is -0.495 e. The van der Waals surface area contributed by atoms with Crippen molar-refractivity contribution in [2.75, 3.05) is 18.2 Å². The second-order valence-corrected chi connectivity index (χ2v) is 5.18.